The van der Waals surface area contributed by atoms with Gasteiger partial charge in [-0.15, -0.1) is 0 Å². The third-order valence-corrected chi connectivity index (χ3v) is 2.81. The molecule has 0 aliphatic carbocycles. The molecule has 4 nitrogen and oxygen atoms in total. The molecule has 3 N–H and O–H groups in total. The van der Waals surface area contributed by atoms with Crippen LogP contribution in [-0.2, 0) is 0 Å². The quantitative estimate of drug-likeness (QED) is 0.883. The van der Waals surface area contributed by atoms with Gasteiger partial charge in [-0.3, -0.25) is 0 Å². The van der Waals surface area contributed by atoms with Gasteiger partial charge in [0.1, 0.15) is 17.2 Å². The first-order chi connectivity index (χ1) is 9.74. The van der Waals surface area contributed by atoms with E-state index >= 15 is 0 Å². The zero-order chi connectivity index (χ0) is 15.6. The third kappa shape index (κ3) is 4.23. The van der Waals surface area contributed by atoms with Crippen molar-refractivity contribution in [3.8, 4) is 5.88 Å². The molecule has 6 heteroatoms. The Morgan fingerprint density at radius 2 is 1.95 bits per heavy atom. The maximum absolute atomic E-state index is 13.3. The van der Waals surface area contributed by atoms with Crippen molar-refractivity contribution in [1.29, 1.82) is 0 Å². The summed E-state index contributed by atoms with van der Waals surface area (Å²) < 4.78 is 18.9. The van der Waals surface area contributed by atoms with Gasteiger partial charge < -0.3 is 15.8 Å². The molecule has 112 valence electrons. The van der Waals surface area contributed by atoms with Crippen molar-refractivity contribution in [1.82, 2.24) is 4.98 Å². The number of hydrogen-bond donors (Lipinski definition) is 2. The molecular formula is C15H17ClFN3O. The van der Waals surface area contributed by atoms with E-state index in [1.807, 2.05) is 20.8 Å². The lowest BCUT2D eigenvalue weighted by Crippen LogP contribution is -2.24. The Labute approximate surface area is 128 Å². The Hall–Kier alpha value is -2.01. The summed E-state index contributed by atoms with van der Waals surface area (Å²) in [5.74, 6) is 0.402. The molecule has 0 saturated heterocycles. The molecule has 0 aliphatic heterocycles. The van der Waals surface area contributed by atoms with E-state index in [9.17, 15) is 4.39 Å². The Bertz CT molecular complexity index is 656. The fraction of sp³-hybridized carbons (Fsp3) is 0.267. The van der Waals surface area contributed by atoms with E-state index in [0.29, 0.717) is 28.1 Å². The molecule has 0 unspecified atom stereocenters. The number of rotatable bonds is 3. The topological polar surface area (TPSA) is 60.2 Å². The SMILES string of the molecule is CC(C)(C)Oc1nc(Nc2cc(F)ccc2Cl)ccc1N. The number of pyridine rings is 1. The van der Waals surface area contributed by atoms with Crippen LogP contribution in [0.25, 0.3) is 0 Å². The van der Waals surface area contributed by atoms with E-state index in [2.05, 4.69) is 10.3 Å². The molecule has 2 rings (SSSR count). The molecule has 0 aliphatic rings. The van der Waals surface area contributed by atoms with Crippen LogP contribution in [0.1, 0.15) is 20.8 Å². The average molecular weight is 310 g/mol. The first-order valence-electron chi connectivity index (χ1n) is 6.42. The number of aromatic nitrogens is 1. The van der Waals surface area contributed by atoms with Gasteiger partial charge in [0.2, 0.25) is 5.88 Å². The highest BCUT2D eigenvalue weighted by atomic mass is 35.5. The second kappa shape index (κ2) is 5.77. The molecule has 0 radical (unpaired) electrons. The predicted molar refractivity (Wildman–Crippen MR) is 83.7 cm³/mol. The Kier molecular flexibility index (Phi) is 4.23. The lowest BCUT2D eigenvalue weighted by Gasteiger charge is -2.21. The van der Waals surface area contributed by atoms with Crippen molar-refractivity contribution in [3.63, 3.8) is 0 Å². The average Bonchev–Trinajstić information content (AvgIpc) is 2.36. The lowest BCUT2D eigenvalue weighted by atomic mass is 10.2. The highest BCUT2D eigenvalue weighted by molar-refractivity contribution is 6.33. The first-order valence-corrected chi connectivity index (χ1v) is 6.80. The van der Waals surface area contributed by atoms with Gasteiger partial charge in [0.15, 0.2) is 0 Å². The van der Waals surface area contributed by atoms with Crippen molar-refractivity contribution in [2.75, 3.05) is 11.1 Å². The van der Waals surface area contributed by atoms with Crippen LogP contribution in [0.3, 0.4) is 0 Å². The zero-order valence-corrected chi connectivity index (χ0v) is 12.8. The Morgan fingerprint density at radius 1 is 1.24 bits per heavy atom. The van der Waals surface area contributed by atoms with Gasteiger partial charge in [0, 0.05) is 0 Å². The van der Waals surface area contributed by atoms with E-state index in [4.69, 9.17) is 22.1 Å². The minimum absolute atomic E-state index is 0.319. The van der Waals surface area contributed by atoms with Gasteiger partial charge >= 0.3 is 0 Å². The molecule has 1 aromatic carbocycles. The number of anilines is 3. The fourth-order valence-corrected chi connectivity index (χ4v) is 1.79. The summed E-state index contributed by atoms with van der Waals surface area (Å²) in [4.78, 5) is 4.28. The highest BCUT2D eigenvalue weighted by Crippen LogP contribution is 2.29. The molecule has 1 aromatic heterocycles. The van der Waals surface area contributed by atoms with Crippen molar-refractivity contribution >= 4 is 28.8 Å². The van der Waals surface area contributed by atoms with Gasteiger partial charge in [-0.2, -0.15) is 4.98 Å². The first kappa shape index (κ1) is 15.4. The van der Waals surface area contributed by atoms with Crippen LogP contribution in [0.4, 0.5) is 21.6 Å². The number of hydrogen-bond acceptors (Lipinski definition) is 4. The monoisotopic (exact) mass is 309 g/mol. The molecule has 21 heavy (non-hydrogen) atoms. The number of halogens is 2. The number of nitrogen functional groups attached to an aromatic ring is 1. The predicted octanol–water partition coefficient (Wildman–Crippen LogP) is 4.38. The van der Waals surface area contributed by atoms with Crippen molar-refractivity contribution in [2.24, 2.45) is 0 Å². The van der Waals surface area contributed by atoms with Crippen LogP contribution in [0.2, 0.25) is 5.02 Å². The molecule has 0 atom stereocenters. The van der Waals surface area contributed by atoms with E-state index in [-0.39, 0.29) is 5.82 Å². The molecule has 0 saturated carbocycles. The van der Waals surface area contributed by atoms with E-state index in [0.717, 1.165) is 0 Å². The van der Waals surface area contributed by atoms with Crippen LogP contribution < -0.4 is 15.8 Å². The molecule has 0 spiro atoms. The number of nitrogens with one attached hydrogen (secondary N) is 1. The molecule has 0 fully saturated rings. The van der Waals surface area contributed by atoms with Gasteiger partial charge in [0.05, 0.1) is 16.4 Å². The standard InChI is InChI=1S/C15H17ClFN3O/c1-15(2,3)21-14-11(18)6-7-13(20-14)19-12-8-9(17)4-5-10(12)16/h4-8H,18H2,1-3H3,(H,19,20). The second-order valence-electron chi connectivity index (χ2n) is 5.55. The van der Waals surface area contributed by atoms with Gasteiger partial charge in [0.25, 0.3) is 0 Å². The molecular weight excluding hydrogens is 293 g/mol. The number of benzene rings is 1. The maximum Gasteiger partial charge on any atom is 0.239 e. The summed E-state index contributed by atoms with van der Waals surface area (Å²) in [6.45, 7) is 5.70. The molecule has 0 amide bonds. The van der Waals surface area contributed by atoms with Gasteiger partial charge in [-0.25, -0.2) is 4.39 Å². The van der Waals surface area contributed by atoms with Crippen LogP contribution in [-0.4, -0.2) is 10.6 Å². The Balaban J connectivity index is 2.29. The van der Waals surface area contributed by atoms with Crippen molar-refractivity contribution in [3.05, 3.63) is 41.2 Å². The summed E-state index contributed by atoms with van der Waals surface area (Å²) in [7, 11) is 0. The smallest absolute Gasteiger partial charge is 0.239 e. The molecule has 2 aromatic rings. The summed E-state index contributed by atoms with van der Waals surface area (Å²) in [6, 6.07) is 7.40. The number of ether oxygens (including phenoxy) is 1. The lowest BCUT2D eigenvalue weighted by molar-refractivity contribution is 0.125. The summed E-state index contributed by atoms with van der Waals surface area (Å²) in [5, 5.41) is 3.34. The summed E-state index contributed by atoms with van der Waals surface area (Å²) >= 11 is 6.01. The molecule has 1 heterocycles. The highest BCUT2D eigenvalue weighted by Gasteiger charge is 2.15. The second-order valence-corrected chi connectivity index (χ2v) is 5.96. The molecule has 0 bridgehead atoms. The minimum atomic E-state index is -0.420. The summed E-state index contributed by atoms with van der Waals surface area (Å²) in [6.07, 6.45) is 0. The van der Waals surface area contributed by atoms with Crippen LogP contribution >= 0.6 is 11.6 Å². The van der Waals surface area contributed by atoms with E-state index in [1.165, 1.54) is 18.2 Å². The van der Waals surface area contributed by atoms with Gasteiger partial charge in [-0.05, 0) is 51.1 Å². The van der Waals surface area contributed by atoms with Crippen molar-refractivity contribution in [2.45, 2.75) is 26.4 Å². The zero-order valence-electron chi connectivity index (χ0n) is 12.1. The van der Waals surface area contributed by atoms with Gasteiger partial charge in [-0.1, -0.05) is 11.6 Å². The van der Waals surface area contributed by atoms with Crippen molar-refractivity contribution < 1.29 is 9.13 Å². The largest absolute Gasteiger partial charge is 0.470 e. The number of nitrogens with two attached hydrogens (primary N) is 1. The Morgan fingerprint density at radius 3 is 2.62 bits per heavy atom. The van der Waals surface area contributed by atoms with Crippen LogP contribution in [0.5, 0.6) is 5.88 Å². The van der Waals surface area contributed by atoms with E-state index < -0.39 is 5.60 Å². The summed E-state index contributed by atoms with van der Waals surface area (Å²) in [5.41, 5.74) is 6.28. The van der Waals surface area contributed by atoms with Crippen LogP contribution in [0, 0.1) is 5.82 Å². The number of nitrogens with zero attached hydrogens (tertiary/aromatic N) is 1. The van der Waals surface area contributed by atoms with E-state index in [1.54, 1.807) is 12.1 Å². The fourth-order valence-electron chi connectivity index (χ4n) is 1.62. The third-order valence-electron chi connectivity index (χ3n) is 2.48. The normalized spacial score (nSPS) is 11.3. The maximum atomic E-state index is 13.3. The van der Waals surface area contributed by atoms with Crippen LogP contribution in [0.15, 0.2) is 30.3 Å². The minimum Gasteiger partial charge on any atom is -0.470 e.